The number of carbonyl (C=O) groups is 1. The van der Waals surface area contributed by atoms with Gasteiger partial charge in [0, 0.05) is 24.1 Å². The van der Waals surface area contributed by atoms with E-state index in [0.717, 1.165) is 23.9 Å². The van der Waals surface area contributed by atoms with Crippen LogP contribution < -0.4 is 11.1 Å². The maximum absolute atomic E-state index is 16.1. The number of aryl methyl sites for hydroxylation is 1. The van der Waals surface area contributed by atoms with Crippen molar-refractivity contribution in [2.24, 2.45) is 10.7 Å². The Bertz CT molecular complexity index is 1080. The molecule has 164 valence electrons. The summed E-state index contributed by atoms with van der Waals surface area (Å²) in [5.41, 5.74) is 2.84. The SMILES string of the molecule is Cc1cnc(C(=O)Nc2cc(F)cc([C@]34CO[C@@H](C)C[C@@]3(F)CSC(N)=N4)c2)c(F)c1. The number of nitrogens with two attached hydrogens (primary N) is 1. The van der Waals surface area contributed by atoms with Crippen LogP contribution >= 0.6 is 11.8 Å². The van der Waals surface area contributed by atoms with E-state index in [1.165, 1.54) is 18.3 Å². The Hall–Kier alpha value is -2.59. The molecular formula is C21H21F3N4O2S. The maximum atomic E-state index is 16.1. The summed E-state index contributed by atoms with van der Waals surface area (Å²) in [4.78, 5) is 20.7. The second-order valence-electron chi connectivity index (χ2n) is 7.92. The predicted molar refractivity (Wildman–Crippen MR) is 113 cm³/mol. The predicted octanol–water partition coefficient (Wildman–Crippen LogP) is 3.69. The zero-order chi connectivity index (χ0) is 22.4. The zero-order valence-electron chi connectivity index (χ0n) is 16.9. The Balaban J connectivity index is 1.73. The fourth-order valence-electron chi connectivity index (χ4n) is 3.99. The third kappa shape index (κ3) is 3.89. The van der Waals surface area contributed by atoms with Crippen molar-refractivity contribution < 1.29 is 22.7 Å². The summed E-state index contributed by atoms with van der Waals surface area (Å²) in [5, 5.41) is 2.61. The van der Waals surface area contributed by atoms with Crippen LogP contribution in [-0.2, 0) is 10.3 Å². The first-order valence-corrected chi connectivity index (χ1v) is 10.6. The van der Waals surface area contributed by atoms with E-state index < -0.39 is 34.4 Å². The molecule has 2 aromatic rings. The standard InChI is InChI=1S/C21H21F3N4O2S/c1-11-3-16(23)17(26-8-11)18(29)27-15-5-13(4-14(22)6-15)21-9-30-12(2)7-20(21,24)10-31-19(25)28-21/h3-6,8,12H,7,9-10H2,1-2H3,(H2,25,28)(H,27,29)/t12-,20+,21+/m0/s1. The number of thioether (sulfide) groups is 1. The van der Waals surface area contributed by atoms with Crippen molar-refractivity contribution >= 4 is 28.5 Å². The van der Waals surface area contributed by atoms with Crippen LogP contribution in [-0.4, -0.2) is 40.2 Å². The van der Waals surface area contributed by atoms with Crippen LogP contribution in [0.2, 0.25) is 0 Å². The highest BCUT2D eigenvalue weighted by Gasteiger charge is 2.59. The fourth-order valence-corrected chi connectivity index (χ4v) is 4.95. The number of alkyl halides is 1. The van der Waals surface area contributed by atoms with Crippen molar-refractivity contribution in [1.82, 2.24) is 4.98 Å². The molecule has 2 aliphatic rings. The summed E-state index contributed by atoms with van der Waals surface area (Å²) in [7, 11) is 0. The van der Waals surface area contributed by atoms with Crippen LogP contribution in [0.1, 0.15) is 35.0 Å². The molecule has 1 saturated heterocycles. The smallest absolute Gasteiger partial charge is 0.277 e. The summed E-state index contributed by atoms with van der Waals surface area (Å²) in [5.74, 6) is -2.32. The maximum Gasteiger partial charge on any atom is 0.277 e. The molecule has 3 heterocycles. The van der Waals surface area contributed by atoms with Crippen LogP contribution in [0.25, 0.3) is 0 Å². The average Bonchev–Trinajstić information content (AvgIpc) is 2.68. The minimum atomic E-state index is -1.82. The molecule has 6 nitrogen and oxygen atoms in total. The molecule has 0 radical (unpaired) electrons. The third-order valence-electron chi connectivity index (χ3n) is 5.51. The van der Waals surface area contributed by atoms with Crippen LogP contribution in [0.3, 0.4) is 0 Å². The number of fused-ring (bicyclic) bond motifs is 1. The number of amidine groups is 1. The highest BCUT2D eigenvalue weighted by Crippen LogP contribution is 2.51. The second-order valence-corrected chi connectivity index (χ2v) is 8.91. The number of pyridine rings is 1. The lowest BCUT2D eigenvalue weighted by Crippen LogP contribution is -2.60. The molecule has 3 atom stereocenters. The summed E-state index contributed by atoms with van der Waals surface area (Å²) in [6.45, 7) is 3.27. The first-order chi connectivity index (χ1) is 14.6. The topological polar surface area (TPSA) is 89.6 Å². The van der Waals surface area contributed by atoms with Crippen molar-refractivity contribution in [3.05, 3.63) is 58.9 Å². The molecule has 0 spiro atoms. The number of aliphatic imine (C=N–C) groups is 1. The number of benzene rings is 1. The van der Waals surface area contributed by atoms with Gasteiger partial charge in [-0.2, -0.15) is 0 Å². The van der Waals surface area contributed by atoms with Crippen molar-refractivity contribution in [1.29, 1.82) is 0 Å². The Kier molecular flexibility index (Phi) is 5.47. The van der Waals surface area contributed by atoms with Gasteiger partial charge in [-0.05, 0) is 49.2 Å². The van der Waals surface area contributed by atoms with E-state index in [4.69, 9.17) is 10.5 Å². The molecule has 0 saturated carbocycles. The first kappa shape index (κ1) is 21.6. The van der Waals surface area contributed by atoms with Gasteiger partial charge in [0.1, 0.15) is 11.4 Å². The van der Waals surface area contributed by atoms with Crippen LogP contribution in [0.15, 0.2) is 35.5 Å². The lowest BCUT2D eigenvalue weighted by Gasteiger charge is -2.49. The average molecular weight is 450 g/mol. The highest BCUT2D eigenvalue weighted by atomic mass is 32.2. The van der Waals surface area contributed by atoms with Gasteiger partial charge in [0.15, 0.2) is 22.3 Å². The number of anilines is 1. The molecule has 0 aliphatic carbocycles. The molecule has 1 amide bonds. The molecule has 1 fully saturated rings. The molecule has 0 unspecified atom stereocenters. The molecule has 4 rings (SSSR count). The molecule has 31 heavy (non-hydrogen) atoms. The van der Waals surface area contributed by atoms with Gasteiger partial charge >= 0.3 is 0 Å². The van der Waals surface area contributed by atoms with Crippen LogP contribution in [0, 0.1) is 18.6 Å². The van der Waals surface area contributed by atoms with E-state index in [-0.39, 0.29) is 41.3 Å². The highest BCUT2D eigenvalue weighted by molar-refractivity contribution is 8.13. The molecular weight excluding hydrogens is 429 g/mol. The summed E-state index contributed by atoms with van der Waals surface area (Å²) >= 11 is 1.10. The van der Waals surface area contributed by atoms with E-state index >= 15 is 4.39 Å². The Morgan fingerprint density at radius 1 is 1.32 bits per heavy atom. The molecule has 3 N–H and O–H groups in total. The van der Waals surface area contributed by atoms with Crippen molar-refractivity contribution in [3.63, 3.8) is 0 Å². The van der Waals surface area contributed by atoms with Gasteiger partial charge in [-0.25, -0.2) is 23.1 Å². The Morgan fingerprint density at radius 3 is 2.84 bits per heavy atom. The molecule has 10 heteroatoms. The largest absolute Gasteiger partial charge is 0.379 e. The van der Waals surface area contributed by atoms with E-state index in [1.807, 2.05) is 0 Å². The quantitative estimate of drug-likeness (QED) is 0.745. The van der Waals surface area contributed by atoms with E-state index in [9.17, 15) is 13.6 Å². The van der Waals surface area contributed by atoms with Crippen molar-refractivity contribution in [2.75, 3.05) is 17.7 Å². The van der Waals surface area contributed by atoms with Crippen molar-refractivity contribution in [2.45, 2.75) is 37.6 Å². The van der Waals surface area contributed by atoms with Crippen LogP contribution in [0.5, 0.6) is 0 Å². The van der Waals surface area contributed by atoms with Gasteiger partial charge < -0.3 is 15.8 Å². The summed E-state index contributed by atoms with van der Waals surface area (Å²) < 4.78 is 50.5. The lowest BCUT2D eigenvalue weighted by molar-refractivity contribution is -0.106. The van der Waals surface area contributed by atoms with Gasteiger partial charge in [0.2, 0.25) is 0 Å². The molecule has 2 aliphatic heterocycles. The number of halogens is 3. The van der Waals surface area contributed by atoms with Gasteiger partial charge in [0.05, 0.1) is 12.7 Å². The van der Waals surface area contributed by atoms with E-state index in [2.05, 4.69) is 15.3 Å². The van der Waals surface area contributed by atoms with E-state index in [0.29, 0.717) is 5.56 Å². The first-order valence-electron chi connectivity index (χ1n) is 9.65. The lowest BCUT2D eigenvalue weighted by atomic mass is 9.73. The summed E-state index contributed by atoms with van der Waals surface area (Å²) in [6, 6.07) is 4.79. The number of rotatable bonds is 3. The number of carbonyl (C=O) groups excluding carboxylic acids is 1. The van der Waals surface area contributed by atoms with Gasteiger partial charge in [0.25, 0.3) is 5.91 Å². The number of amides is 1. The molecule has 1 aromatic carbocycles. The third-order valence-corrected chi connectivity index (χ3v) is 6.49. The number of nitrogens with zero attached hydrogens (tertiary/aromatic N) is 2. The fraction of sp³-hybridized carbons (Fsp3) is 0.381. The van der Waals surface area contributed by atoms with Gasteiger partial charge in [-0.1, -0.05) is 11.8 Å². The number of hydrogen-bond acceptors (Lipinski definition) is 6. The minimum Gasteiger partial charge on any atom is -0.379 e. The molecule has 1 aromatic heterocycles. The Labute approximate surface area is 181 Å². The number of nitrogens with one attached hydrogen (secondary N) is 1. The van der Waals surface area contributed by atoms with Crippen LogP contribution in [0.4, 0.5) is 18.9 Å². The molecule has 0 bridgehead atoms. The monoisotopic (exact) mass is 450 g/mol. The Morgan fingerprint density at radius 2 is 2.10 bits per heavy atom. The zero-order valence-corrected chi connectivity index (χ0v) is 17.7. The number of ether oxygens (including phenoxy) is 1. The van der Waals surface area contributed by atoms with Gasteiger partial charge in [-0.3, -0.25) is 4.79 Å². The second kappa shape index (κ2) is 7.83. The minimum absolute atomic E-state index is 0.0177. The number of hydrogen-bond donors (Lipinski definition) is 2. The summed E-state index contributed by atoms with van der Waals surface area (Å²) in [6.07, 6.45) is 1.08. The normalized spacial score (nSPS) is 27.9. The van der Waals surface area contributed by atoms with Crippen molar-refractivity contribution in [3.8, 4) is 0 Å². The van der Waals surface area contributed by atoms with Gasteiger partial charge in [-0.15, -0.1) is 0 Å². The van der Waals surface area contributed by atoms with E-state index in [1.54, 1.807) is 13.8 Å². The number of aromatic nitrogens is 1.